The molecule has 1 aromatic heterocycles. The SMILES string of the molecule is COc1ccc(C)cc1CCNC(=O)c1ccnc(Cl)c1. The number of amides is 1. The second-order valence-corrected chi connectivity index (χ2v) is 5.08. The number of nitrogens with one attached hydrogen (secondary N) is 1. The van der Waals surface area contributed by atoms with Crippen molar-refractivity contribution >= 4 is 17.5 Å². The molecule has 0 aliphatic heterocycles. The van der Waals surface area contributed by atoms with Crippen molar-refractivity contribution in [3.8, 4) is 5.75 Å². The summed E-state index contributed by atoms with van der Waals surface area (Å²) in [5.74, 6) is 0.674. The number of hydrogen-bond donors (Lipinski definition) is 1. The Balaban J connectivity index is 1.95. The van der Waals surface area contributed by atoms with Gasteiger partial charge in [-0.15, -0.1) is 0 Å². The molecule has 0 spiro atoms. The van der Waals surface area contributed by atoms with E-state index in [1.54, 1.807) is 19.2 Å². The topological polar surface area (TPSA) is 51.2 Å². The summed E-state index contributed by atoms with van der Waals surface area (Å²) in [7, 11) is 1.64. The molecule has 110 valence electrons. The number of halogens is 1. The Kier molecular flexibility index (Phi) is 5.17. The molecular formula is C16H17ClN2O2. The third-order valence-electron chi connectivity index (χ3n) is 3.10. The maximum absolute atomic E-state index is 12.0. The lowest BCUT2D eigenvalue weighted by atomic mass is 10.1. The number of aromatic nitrogens is 1. The fourth-order valence-corrected chi connectivity index (χ4v) is 2.23. The van der Waals surface area contributed by atoms with Crippen LogP contribution in [0.1, 0.15) is 21.5 Å². The first-order valence-electron chi connectivity index (χ1n) is 6.63. The van der Waals surface area contributed by atoms with Crippen LogP contribution in [-0.4, -0.2) is 24.5 Å². The first-order valence-corrected chi connectivity index (χ1v) is 7.01. The molecule has 2 aromatic rings. The molecule has 1 heterocycles. The van der Waals surface area contributed by atoms with Crippen LogP contribution in [0.5, 0.6) is 5.75 Å². The van der Waals surface area contributed by atoms with Crippen LogP contribution in [0.4, 0.5) is 0 Å². The summed E-state index contributed by atoms with van der Waals surface area (Å²) in [6.45, 7) is 2.55. The van der Waals surface area contributed by atoms with Crippen molar-refractivity contribution in [3.05, 3.63) is 58.4 Å². The Morgan fingerprint density at radius 2 is 2.14 bits per heavy atom. The van der Waals surface area contributed by atoms with Crippen LogP contribution in [0.25, 0.3) is 0 Å². The first kappa shape index (κ1) is 15.3. The predicted molar refractivity (Wildman–Crippen MR) is 83.0 cm³/mol. The van der Waals surface area contributed by atoms with E-state index >= 15 is 0 Å². The largest absolute Gasteiger partial charge is 0.496 e. The Morgan fingerprint density at radius 1 is 1.33 bits per heavy atom. The third-order valence-corrected chi connectivity index (χ3v) is 3.31. The molecule has 21 heavy (non-hydrogen) atoms. The maximum Gasteiger partial charge on any atom is 0.251 e. The summed E-state index contributed by atoms with van der Waals surface area (Å²) in [6, 6.07) is 9.18. The van der Waals surface area contributed by atoms with Crippen LogP contribution >= 0.6 is 11.6 Å². The number of nitrogens with zero attached hydrogens (tertiary/aromatic N) is 1. The van der Waals surface area contributed by atoms with Crippen molar-refractivity contribution < 1.29 is 9.53 Å². The van der Waals surface area contributed by atoms with Crippen LogP contribution in [0, 0.1) is 6.92 Å². The lowest BCUT2D eigenvalue weighted by molar-refractivity contribution is 0.0954. The smallest absolute Gasteiger partial charge is 0.251 e. The van der Waals surface area contributed by atoms with Gasteiger partial charge in [-0.1, -0.05) is 29.3 Å². The molecule has 0 radical (unpaired) electrons. The van der Waals surface area contributed by atoms with E-state index in [4.69, 9.17) is 16.3 Å². The zero-order valence-electron chi connectivity index (χ0n) is 12.0. The van der Waals surface area contributed by atoms with Crippen molar-refractivity contribution in [1.82, 2.24) is 10.3 Å². The number of carbonyl (C=O) groups excluding carboxylic acids is 1. The number of carbonyl (C=O) groups is 1. The molecule has 5 heteroatoms. The van der Waals surface area contributed by atoms with Gasteiger partial charge >= 0.3 is 0 Å². The lowest BCUT2D eigenvalue weighted by Crippen LogP contribution is -2.25. The minimum atomic E-state index is -0.161. The molecule has 0 bridgehead atoms. The summed E-state index contributed by atoms with van der Waals surface area (Å²) >= 11 is 5.77. The van der Waals surface area contributed by atoms with Gasteiger partial charge in [-0.05, 0) is 37.1 Å². The zero-order valence-corrected chi connectivity index (χ0v) is 12.8. The molecule has 4 nitrogen and oxygen atoms in total. The maximum atomic E-state index is 12.0. The van der Waals surface area contributed by atoms with Gasteiger partial charge in [0.2, 0.25) is 0 Å². The Bertz CT molecular complexity index is 644. The minimum absolute atomic E-state index is 0.161. The van der Waals surface area contributed by atoms with Crippen LogP contribution in [0.2, 0.25) is 5.15 Å². The van der Waals surface area contributed by atoms with Crippen molar-refractivity contribution in [1.29, 1.82) is 0 Å². The van der Waals surface area contributed by atoms with Crippen LogP contribution in [0.3, 0.4) is 0 Å². The highest BCUT2D eigenvalue weighted by molar-refractivity contribution is 6.29. The molecular weight excluding hydrogens is 288 g/mol. The highest BCUT2D eigenvalue weighted by Gasteiger charge is 2.07. The predicted octanol–water partition coefficient (Wildman–Crippen LogP) is 3.02. The second kappa shape index (κ2) is 7.09. The van der Waals surface area contributed by atoms with E-state index in [0.29, 0.717) is 23.7 Å². The monoisotopic (exact) mass is 304 g/mol. The molecule has 0 atom stereocenters. The van der Waals surface area contributed by atoms with E-state index in [0.717, 1.165) is 16.9 Å². The number of methoxy groups -OCH3 is 1. The molecule has 2 rings (SSSR count). The summed E-state index contributed by atoms with van der Waals surface area (Å²) < 4.78 is 5.32. The van der Waals surface area contributed by atoms with Crippen LogP contribution < -0.4 is 10.1 Å². The minimum Gasteiger partial charge on any atom is -0.496 e. The van der Waals surface area contributed by atoms with Crippen molar-refractivity contribution in [3.63, 3.8) is 0 Å². The third kappa shape index (κ3) is 4.20. The molecule has 0 aliphatic rings. The van der Waals surface area contributed by atoms with Crippen LogP contribution in [-0.2, 0) is 6.42 Å². The van der Waals surface area contributed by atoms with Crippen molar-refractivity contribution in [2.45, 2.75) is 13.3 Å². The highest BCUT2D eigenvalue weighted by atomic mass is 35.5. The molecule has 1 N–H and O–H groups in total. The Labute approximate surface area is 129 Å². The van der Waals surface area contributed by atoms with Crippen molar-refractivity contribution in [2.75, 3.05) is 13.7 Å². The summed E-state index contributed by atoms with van der Waals surface area (Å²) in [5, 5.41) is 3.17. The normalized spacial score (nSPS) is 10.2. The van der Waals surface area contributed by atoms with Crippen molar-refractivity contribution in [2.24, 2.45) is 0 Å². The summed E-state index contributed by atoms with van der Waals surface area (Å²) in [6.07, 6.45) is 2.22. The molecule has 0 fully saturated rings. The van der Waals surface area contributed by atoms with Gasteiger partial charge in [-0.2, -0.15) is 0 Å². The molecule has 1 aromatic carbocycles. The number of hydrogen-bond acceptors (Lipinski definition) is 3. The van der Waals surface area contributed by atoms with E-state index in [1.165, 1.54) is 6.20 Å². The second-order valence-electron chi connectivity index (χ2n) is 4.69. The molecule has 0 saturated heterocycles. The van der Waals surface area contributed by atoms with E-state index in [9.17, 15) is 4.79 Å². The molecule has 1 amide bonds. The van der Waals surface area contributed by atoms with Gasteiger partial charge in [0.1, 0.15) is 10.9 Å². The standard InChI is InChI=1S/C16H17ClN2O2/c1-11-3-4-14(21-2)12(9-11)5-8-19-16(20)13-6-7-18-15(17)10-13/h3-4,6-7,9-10H,5,8H2,1-2H3,(H,19,20). The van der Waals surface area contributed by atoms with Gasteiger partial charge in [0, 0.05) is 18.3 Å². The number of pyridine rings is 1. The van der Waals surface area contributed by atoms with E-state index in [1.807, 2.05) is 19.1 Å². The average molecular weight is 305 g/mol. The Hall–Kier alpha value is -2.07. The van der Waals surface area contributed by atoms with Gasteiger partial charge in [-0.3, -0.25) is 4.79 Å². The van der Waals surface area contributed by atoms with E-state index in [2.05, 4.69) is 16.4 Å². The lowest BCUT2D eigenvalue weighted by Gasteiger charge is -2.10. The Morgan fingerprint density at radius 3 is 2.86 bits per heavy atom. The van der Waals surface area contributed by atoms with E-state index in [-0.39, 0.29) is 5.91 Å². The fraction of sp³-hybridized carbons (Fsp3) is 0.250. The zero-order chi connectivity index (χ0) is 15.2. The average Bonchev–Trinajstić information content (AvgIpc) is 2.47. The van der Waals surface area contributed by atoms with Crippen LogP contribution in [0.15, 0.2) is 36.5 Å². The van der Waals surface area contributed by atoms with Gasteiger partial charge in [0.15, 0.2) is 0 Å². The van der Waals surface area contributed by atoms with E-state index < -0.39 is 0 Å². The fourth-order valence-electron chi connectivity index (χ4n) is 2.06. The number of benzene rings is 1. The first-order chi connectivity index (χ1) is 10.1. The highest BCUT2D eigenvalue weighted by Crippen LogP contribution is 2.19. The molecule has 0 unspecified atom stereocenters. The molecule has 0 saturated carbocycles. The number of aryl methyl sites for hydroxylation is 1. The number of rotatable bonds is 5. The summed E-state index contributed by atoms with van der Waals surface area (Å²) in [5.41, 5.74) is 2.75. The summed E-state index contributed by atoms with van der Waals surface area (Å²) in [4.78, 5) is 15.8. The number of ether oxygens (including phenoxy) is 1. The molecule has 0 aliphatic carbocycles. The van der Waals surface area contributed by atoms with Gasteiger partial charge in [-0.25, -0.2) is 4.98 Å². The quantitative estimate of drug-likeness (QED) is 0.864. The van der Waals surface area contributed by atoms with Gasteiger partial charge < -0.3 is 10.1 Å². The van der Waals surface area contributed by atoms with Gasteiger partial charge in [0.05, 0.1) is 7.11 Å². The van der Waals surface area contributed by atoms with Gasteiger partial charge in [0.25, 0.3) is 5.91 Å².